The Morgan fingerprint density at radius 1 is 1.19 bits per heavy atom. The van der Waals surface area contributed by atoms with Gasteiger partial charge in [0.05, 0.1) is 0 Å². The molecule has 0 aromatic heterocycles. The molecular weight excluding hydrogens is 263 g/mol. The number of hydrogen-bond donors (Lipinski definition) is 1. The van der Waals surface area contributed by atoms with Crippen LogP contribution in [0.2, 0.25) is 0 Å². The van der Waals surface area contributed by atoms with E-state index in [0.29, 0.717) is 11.6 Å². The van der Waals surface area contributed by atoms with Gasteiger partial charge in [0.2, 0.25) is 0 Å². The molecule has 0 amide bonds. The Balaban J connectivity index is 1.61. The van der Waals surface area contributed by atoms with Gasteiger partial charge in [-0.25, -0.2) is 4.39 Å². The quantitative estimate of drug-likeness (QED) is 0.918. The van der Waals surface area contributed by atoms with E-state index in [-0.39, 0.29) is 5.82 Å². The average molecular weight is 290 g/mol. The van der Waals surface area contributed by atoms with Crippen molar-refractivity contribution in [2.24, 2.45) is 0 Å². The monoisotopic (exact) mass is 290 g/mol. The predicted octanol–water partition coefficient (Wildman–Crippen LogP) is 3.36. The van der Waals surface area contributed by atoms with Gasteiger partial charge in [-0.1, -0.05) is 31.4 Å². The molecule has 2 aliphatic rings. The lowest BCUT2D eigenvalue weighted by molar-refractivity contribution is 0.0732. The van der Waals surface area contributed by atoms with Crippen LogP contribution in [-0.4, -0.2) is 36.1 Å². The van der Waals surface area contributed by atoms with Crippen LogP contribution in [-0.2, 0) is 6.42 Å². The fraction of sp³-hybridized carbons (Fsp3) is 0.667. The molecule has 1 N–H and O–H groups in total. The molecule has 3 rings (SSSR count). The fourth-order valence-electron chi connectivity index (χ4n) is 4.02. The second kappa shape index (κ2) is 6.45. The number of nitrogens with one attached hydrogen (secondary N) is 1. The molecule has 2 fully saturated rings. The van der Waals surface area contributed by atoms with Gasteiger partial charge in [0.25, 0.3) is 0 Å². The number of benzene rings is 1. The van der Waals surface area contributed by atoms with Gasteiger partial charge >= 0.3 is 0 Å². The Morgan fingerprint density at radius 3 is 2.62 bits per heavy atom. The van der Waals surface area contributed by atoms with Crippen LogP contribution in [0.15, 0.2) is 24.3 Å². The van der Waals surface area contributed by atoms with Crippen molar-refractivity contribution in [3.05, 3.63) is 35.6 Å². The van der Waals surface area contributed by atoms with Crippen LogP contribution in [0, 0.1) is 5.82 Å². The third-order valence-electron chi connectivity index (χ3n) is 5.28. The van der Waals surface area contributed by atoms with Crippen LogP contribution in [0.5, 0.6) is 0 Å². The molecule has 1 unspecified atom stereocenters. The van der Waals surface area contributed by atoms with E-state index in [1.54, 1.807) is 12.1 Å². The van der Waals surface area contributed by atoms with E-state index in [0.717, 1.165) is 19.5 Å². The second-order valence-electron chi connectivity index (χ2n) is 6.92. The summed E-state index contributed by atoms with van der Waals surface area (Å²) >= 11 is 0. The van der Waals surface area contributed by atoms with E-state index >= 15 is 0 Å². The first-order chi connectivity index (χ1) is 10.2. The lowest BCUT2D eigenvalue weighted by Crippen LogP contribution is -2.62. The minimum Gasteiger partial charge on any atom is -0.309 e. The third-order valence-corrected chi connectivity index (χ3v) is 5.28. The van der Waals surface area contributed by atoms with Crippen molar-refractivity contribution in [2.45, 2.75) is 57.0 Å². The molecule has 116 valence electrons. The van der Waals surface area contributed by atoms with Crippen molar-refractivity contribution in [1.29, 1.82) is 0 Å². The summed E-state index contributed by atoms with van der Waals surface area (Å²) in [6, 6.07) is 7.51. The molecule has 3 heteroatoms. The van der Waals surface area contributed by atoms with Gasteiger partial charge in [-0.3, -0.25) is 4.90 Å². The first-order valence-electron chi connectivity index (χ1n) is 8.40. The first-order valence-corrected chi connectivity index (χ1v) is 8.40. The molecule has 1 saturated heterocycles. The summed E-state index contributed by atoms with van der Waals surface area (Å²) in [5.74, 6) is -0.144. The van der Waals surface area contributed by atoms with E-state index in [1.807, 2.05) is 12.1 Å². The van der Waals surface area contributed by atoms with E-state index in [9.17, 15) is 4.39 Å². The van der Waals surface area contributed by atoms with Gasteiger partial charge in [0.1, 0.15) is 5.82 Å². The Kier molecular flexibility index (Phi) is 4.60. The highest BCUT2D eigenvalue weighted by Crippen LogP contribution is 2.31. The van der Waals surface area contributed by atoms with Gasteiger partial charge in [-0.15, -0.1) is 0 Å². The SMILES string of the molecule is CC(Cc1ccc(F)cc1)N1CCNC2(CCCCC2)C1. The van der Waals surface area contributed by atoms with Crippen LogP contribution in [0.1, 0.15) is 44.6 Å². The zero-order valence-electron chi connectivity index (χ0n) is 13.1. The fourth-order valence-corrected chi connectivity index (χ4v) is 4.02. The standard InChI is InChI=1S/C18H27FN2/c1-15(13-16-5-7-17(19)8-6-16)21-12-11-20-18(14-21)9-3-2-4-10-18/h5-8,15,20H,2-4,9-14H2,1H3. The van der Waals surface area contributed by atoms with Crippen LogP contribution in [0.3, 0.4) is 0 Å². The molecule has 1 heterocycles. The van der Waals surface area contributed by atoms with Crippen molar-refractivity contribution >= 4 is 0 Å². The molecule has 1 aliphatic heterocycles. The van der Waals surface area contributed by atoms with Gasteiger partial charge in [0, 0.05) is 31.2 Å². The summed E-state index contributed by atoms with van der Waals surface area (Å²) < 4.78 is 13.0. The van der Waals surface area contributed by atoms with Crippen LogP contribution in [0.25, 0.3) is 0 Å². The molecule has 2 nitrogen and oxygen atoms in total. The topological polar surface area (TPSA) is 15.3 Å². The first kappa shape index (κ1) is 15.0. The molecule has 1 aromatic rings. The maximum atomic E-state index is 13.0. The van der Waals surface area contributed by atoms with Crippen LogP contribution < -0.4 is 5.32 Å². The predicted molar refractivity (Wildman–Crippen MR) is 85.0 cm³/mol. The minimum absolute atomic E-state index is 0.144. The molecule has 0 bridgehead atoms. The lowest BCUT2D eigenvalue weighted by atomic mass is 9.80. The normalized spacial score (nSPS) is 24.1. The maximum absolute atomic E-state index is 13.0. The Bertz CT molecular complexity index is 445. The minimum atomic E-state index is -0.144. The second-order valence-corrected chi connectivity index (χ2v) is 6.92. The highest BCUT2D eigenvalue weighted by Gasteiger charge is 2.37. The zero-order chi connectivity index (χ0) is 14.7. The molecule has 0 radical (unpaired) electrons. The van der Waals surface area contributed by atoms with Crippen molar-refractivity contribution in [3.8, 4) is 0 Å². The number of halogens is 1. The molecular formula is C18H27FN2. The van der Waals surface area contributed by atoms with Crippen LogP contribution in [0.4, 0.5) is 4.39 Å². The Hall–Kier alpha value is -0.930. The van der Waals surface area contributed by atoms with Gasteiger partial charge in [-0.2, -0.15) is 0 Å². The van der Waals surface area contributed by atoms with Crippen molar-refractivity contribution in [3.63, 3.8) is 0 Å². The van der Waals surface area contributed by atoms with E-state index < -0.39 is 0 Å². The highest BCUT2D eigenvalue weighted by molar-refractivity contribution is 5.17. The van der Waals surface area contributed by atoms with Crippen LogP contribution >= 0.6 is 0 Å². The summed E-state index contributed by atoms with van der Waals surface area (Å²) in [5, 5.41) is 3.80. The number of nitrogens with zero attached hydrogens (tertiary/aromatic N) is 1. The van der Waals surface area contributed by atoms with Crippen molar-refractivity contribution in [2.75, 3.05) is 19.6 Å². The van der Waals surface area contributed by atoms with E-state index in [4.69, 9.17) is 0 Å². The molecule has 1 aliphatic carbocycles. The molecule has 1 saturated carbocycles. The highest BCUT2D eigenvalue weighted by atomic mass is 19.1. The van der Waals surface area contributed by atoms with E-state index in [2.05, 4.69) is 17.1 Å². The summed E-state index contributed by atoms with van der Waals surface area (Å²) in [6.07, 6.45) is 7.80. The summed E-state index contributed by atoms with van der Waals surface area (Å²) in [4.78, 5) is 2.63. The summed E-state index contributed by atoms with van der Waals surface area (Å²) in [7, 11) is 0. The largest absolute Gasteiger partial charge is 0.309 e. The maximum Gasteiger partial charge on any atom is 0.123 e. The Morgan fingerprint density at radius 2 is 1.90 bits per heavy atom. The molecule has 1 spiro atoms. The molecule has 21 heavy (non-hydrogen) atoms. The lowest BCUT2D eigenvalue weighted by Gasteiger charge is -2.48. The summed E-state index contributed by atoms with van der Waals surface area (Å²) in [5.41, 5.74) is 1.60. The summed E-state index contributed by atoms with van der Waals surface area (Å²) in [6.45, 7) is 5.72. The zero-order valence-corrected chi connectivity index (χ0v) is 13.1. The van der Waals surface area contributed by atoms with Crippen molar-refractivity contribution < 1.29 is 4.39 Å². The van der Waals surface area contributed by atoms with Gasteiger partial charge < -0.3 is 5.32 Å². The molecule has 1 atom stereocenters. The smallest absolute Gasteiger partial charge is 0.123 e. The van der Waals surface area contributed by atoms with Gasteiger partial charge in [-0.05, 0) is 43.9 Å². The van der Waals surface area contributed by atoms with E-state index in [1.165, 1.54) is 44.2 Å². The number of hydrogen-bond acceptors (Lipinski definition) is 2. The number of rotatable bonds is 3. The Labute approximate surface area is 127 Å². The molecule has 1 aromatic carbocycles. The average Bonchev–Trinajstić information content (AvgIpc) is 2.50. The number of piperazine rings is 1. The van der Waals surface area contributed by atoms with Gasteiger partial charge in [0.15, 0.2) is 0 Å². The van der Waals surface area contributed by atoms with Crippen molar-refractivity contribution in [1.82, 2.24) is 10.2 Å². The third kappa shape index (κ3) is 3.64.